The summed E-state index contributed by atoms with van der Waals surface area (Å²) in [5, 5.41) is 5.43. The van der Waals surface area contributed by atoms with E-state index in [4.69, 9.17) is 9.47 Å². The Kier molecular flexibility index (Phi) is 7.99. The summed E-state index contributed by atoms with van der Waals surface area (Å²) >= 11 is 0. The van der Waals surface area contributed by atoms with Crippen LogP contribution in [0, 0.1) is 5.92 Å². The Labute approximate surface area is 166 Å². The molecule has 0 radical (unpaired) electrons. The van der Waals surface area contributed by atoms with Crippen LogP contribution < -0.4 is 10.6 Å². The van der Waals surface area contributed by atoms with E-state index in [0.29, 0.717) is 19.6 Å². The first-order valence-corrected chi connectivity index (χ1v) is 9.66. The normalized spacial score (nSPS) is 18.1. The van der Waals surface area contributed by atoms with Crippen molar-refractivity contribution in [1.82, 2.24) is 10.6 Å². The second-order valence-electron chi connectivity index (χ2n) is 8.01. The van der Waals surface area contributed by atoms with Gasteiger partial charge in [0.1, 0.15) is 12.2 Å². The molecule has 0 aliphatic carbocycles. The molecule has 1 fully saturated rings. The SMILES string of the molecule is CC(C)(C)OC(=O)N[C@@H](C[C@@H]1CCCNC1=O)C(=O)COCc1ccccc1. The number of nitrogens with one attached hydrogen (secondary N) is 2. The number of ketones is 1. The largest absolute Gasteiger partial charge is 0.444 e. The lowest BCUT2D eigenvalue weighted by molar-refractivity contribution is -0.129. The molecule has 1 saturated heterocycles. The molecule has 2 atom stereocenters. The number of carbonyl (C=O) groups excluding carboxylic acids is 3. The van der Waals surface area contributed by atoms with Crippen LogP contribution in [0.5, 0.6) is 0 Å². The van der Waals surface area contributed by atoms with Crippen LogP contribution in [0.4, 0.5) is 4.79 Å². The van der Waals surface area contributed by atoms with Gasteiger partial charge in [-0.25, -0.2) is 4.79 Å². The van der Waals surface area contributed by atoms with E-state index < -0.39 is 17.7 Å². The van der Waals surface area contributed by atoms with Crippen molar-refractivity contribution in [3.63, 3.8) is 0 Å². The number of amides is 2. The first kappa shape index (κ1) is 21.9. The van der Waals surface area contributed by atoms with Crippen LogP contribution in [-0.2, 0) is 25.7 Å². The van der Waals surface area contributed by atoms with E-state index in [-0.39, 0.29) is 30.6 Å². The average Bonchev–Trinajstić information content (AvgIpc) is 2.62. The summed E-state index contributed by atoms with van der Waals surface area (Å²) in [6, 6.07) is 8.69. The van der Waals surface area contributed by atoms with Gasteiger partial charge in [0.15, 0.2) is 5.78 Å². The number of piperidine rings is 1. The summed E-state index contributed by atoms with van der Waals surface area (Å²) in [7, 11) is 0. The Morgan fingerprint density at radius 1 is 1.25 bits per heavy atom. The number of Topliss-reactive ketones (excluding diaryl/α,β-unsaturated/α-hetero) is 1. The van der Waals surface area contributed by atoms with Gasteiger partial charge in [-0.15, -0.1) is 0 Å². The maximum Gasteiger partial charge on any atom is 0.408 e. The maximum absolute atomic E-state index is 12.7. The Balaban J connectivity index is 1.95. The molecular formula is C21H30N2O5. The van der Waals surface area contributed by atoms with Gasteiger partial charge in [-0.3, -0.25) is 9.59 Å². The third kappa shape index (κ3) is 7.68. The highest BCUT2D eigenvalue weighted by atomic mass is 16.6. The minimum atomic E-state index is -0.834. The van der Waals surface area contributed by atoms with Crippen molar-refractivity contribution < 1.29 is 23.9 Å². The standard InChI is InChI=1S/C21H30N2O5/c1-21(2,3)28-20(26)23-17(12-16-10-7-11-22-19(16)25)18(24)14-27-13-15-8-5-4-6-9-15/h4-6,8-9,16-17H,7,10-14H2,1-3H3,(H,22,25)(H,23,26)/t16-,17-/m0/s1. The van der Waals surface area contributed by atoms with Gasteiger partial charge in [0.05, 0.1) is 12.6 Å². The molecule has 2 N–H and O–H groups in total. The van der Waals surface area contributed by atoms with Crippen LogP contribution in [0.15, 0.2) is 30.3 Å². The Bertz CT molecular complexity index is 669. The van der Waals surface area contributed by atoms with Gasteiger partial charge in [-0.1, -0.05) is 30.3 Å². The van der Waals surface area contributed by atoms with E-state index in [9.17, 15) is 14.4 Å². The topological polar surface area (TPSA) is 93.7 Å². The van der Waals surface area contributed by atoms with E-state index >= 15 is 0 Å². The van der Waals surface area contributed by atoms with Crippen molar-refractivity contribution in [3.05, 3.63) is 35.9 Å². The molecular weight excluding hydrogens is 360 g/mol. The van der Waals surface area contributed by atoms with Crippen LogP contribution in [0.1, 0.15) is 45.6 Å². The third-order valence-corrected chi connectivity index (χ3v) is 4.36. The molecule has 0 unspecified atom stereocenters. The molecule has 0 spiro atoms. The third-order valence-electron chi connectivity index (χ3n) is 4.36. The zero-order valence-corrected chi connectivity index (χ0v) is 16.8. The zero-order valence-electron chi connectivity index (χ0n) is 16.8. The van der Waals surface area contributed by atoms with Crippen LogP contribution in [0.3, 0.4) is 0 Å². The molecule has 1 aromatic carbocycles. The van der Waals surface area contributed by atoms with Crippen molar-refractivity contribution in [1.29, 1.82) is 0 Å². The zero-order chi connectivity index (χ0) is 20.6. The summed E-state index contributed by atoms with van der Waals surface area (Å²) < 4.78 is 10.8. The summed E-state index contributed by atoms with van der Waals surface area (Å²) in [6.45, 7) is 6.05. The average molecular weight is 390 g/mol. The van der Waals surface area contributed by atoms with Crippen molar-refractivity contribution >= 4 is 17.8 Å². The molecule has 1 heterocycles. The first-order chi connectivity index (χ1) is 13.2. The van der Waals surface area contributed by atoms with Crippen molar-refractivity contribution in [2.75, 3.05) is 13.2 Å². The minimum absolute atomic E-state index is 0.0831. The van der Waals surface area contributed by atoms with Gasteiger partial charge >= 0.3 is 6.09 Å². The van der Waals surface area contributed by atoms with E-state index in [1.807, 2.05) is 30.3 Å². The lowest BCUT2D eigenvalue weighted by Gasteiger charge is -2.27. The van der Waals surface area contributed by atoms with Crippen LogP contribution in [0.25, 0.3) is 0 Å². The predicted octanol–water partition coefficient (Wildman–Crippen LogP) is 2.58. The van der Waals surface area contributed by atoms with Crippen LogP contribution >= 0.6 is 0 Å². The van der Waals surface area contributed by atoms with Gasteiger partial charge in [-0.05, 0) is 45.6 Å². The Hall–Kier alpha value is -2.41. The van der Waals surface area contributed by atoms with Crippen molar-refractivity contribution in [2.45, 2.75) is 58.3 Å². The molecule has 0 bridgehead atoms. The molecule has 1 aromatic rings. The van der Waals surface area contributed by atoms with Gasteiger partial charge in [0.2, 0.25) is 5.91 Å². The number of hydrogen-bond donors (Lipinski definition) is 2. The lowest BCUT2D eigenvalue weighted by atomic mass is 9.90. The highest BCUT2D eigenvalue weighted by Gasteiger charge is 2.31. The molecule has 154 valence electrons. The molecule has 2 amide bonds. The molecule has 1 aliphatic heterocycles. The van der Waals surface area contributed by atoms with E-state index in [0.717, 1.165) is 12.0 Å². The highest BCUT2D eigenvalue weighted by Crippen LogP contribution is 2.18. The lowest BCUT2D eigenvalue weighted by Crippen LogP contribution is -2.48. The number of ether oxygens (including phenoxy) is 2. The van der Waals surface area contributed by atoms with E-state index in [2.05, 4.69) is 10.6 Å². The van der Waals surface area contributed by atoms with Gasteiger partial charge in [0, 0.05) is 12.5 Å². The fraction of sp³-hybridized carbons (Fsp3) is 0.571. The van der Waals surface area contributed by atoms with Crippen LogP contribution in [-0.4, -0.2) is 42.6 Å². The summed E-state index contributed by atoms with van der Waals surface area (Å²) in [5.41, 5.74) is 0.280. The number of rotatable bonds is 8. The number of carbonyl (C=O) groups is 3. The predicted molar refractivity (Wildman–Crippen MR) is 105 cm³/mol. The molecule has 28 heavy (non-hydrogen) atoms. The maximum atomic E-state index is 12.7. The van der Waals surface area contributed by atoms with Gasteiger partial charge in [-0.2, -0.15) is 0 Å². The fourth-order valence-electron chi connectivity index (χ4n) is 3.01. The monoisotopic (exact) mass is 390 g/mol. The fourth-order valence-corrected chi connectivity index (χ4v) is 3.01. The van der Waals surface area contributed by atoms with E-state index in [1.54, 1.807) is 20.8 Å². The molecule has 0 aromatic heterocycles. The summed E-state index contributed by atoms with van der Waals surface area (Å²) in [5.74, 6) is -0.674. The van der Waals surface area contributed by atoms with Gasteiger partial charge < -0.3 is 20.1 Å². The highest BCUT2D eigenvalue weighted by molar-refractivity contribution is 5.89. The minimum Gasteiger partial charge on any atom is -0.444 e. The van der Waals surface area contributed by atoms with Crippen LogP contribution in [0.2, 0.25) is 0 Å². The molecule has 7 nitrogen and oxygen atoms in total. The van der Waals surface area contributed by atoms with E-state index in [1.165, 1.54) is 0 Å². The van der Waals surface area contributed by atoms with Gasteiger partial charge in [0.25, 0.3) is 0 Å². The summed E-state index contributed by atoms with van der Waals surface area (Å²) in [6.07, 6.45) is 1.11. The molecule has 1 aliphatic rings. The number of benzene rings is 1. The molecule has 7 heteroatoms. The van der Waals surface area contributed by atoms with Crippen molar-refractivity contribution in [2.24, 2.45) is 5.92 Å². The molecule has 2 rings (SSSR count). The second kappa shape index (κ2) is 10.2. The molecule has 0 saturated carbocycles. The summed E-state index contributed by atoms with van der Waals surface area (Å²) in [4.78, 5) is 36.9. The van der Waals surface area contributed by atoms with Crippen molar-refractivity contribution in [3.8, 4) is 0 Å². The first-order valence-electron chi connectivity index (χ1n) is 9.66. The quantitative estimate of drug-likeness (QED) is 0.712. The Morgan fingerprint density at radius 3 is 2.61 bits per heavy atom. The Morgan fingerprint density at radius 2 is 1.96 bits per heavy atom. The second-order valence-corrected chi connectivity index (χ2v) is 8.01. The number of hydrogen-bond acceptors (Lipinski definition) is 5. The number of alkyl carbamates (subject to hydrolysis) is 1. The smallest absolute Gasteiger partial charge is 0.408 e.